The van der Waals surface area contributed by atoms with Crippen LogP contribution in [0, 0.1) is 0 Å². The average Bonchev–Trinajstić information content (AvgIpc) is 3.48. The second kappa shape index (κ2) is 10.9. The largest absolute Gasteiger partial charge is 0.459 e. The molecule has 4 aromatic carbocycles. The normalized spacial score (nSPS) is 11.3. The van der Waals surface area contributed by atoms with E-state index in [-0.39, 0.29) is 12.1 Å². The molecule has 0 spiro atoms. The van der Waals surface area contributed by atoms with E-state index in [1.165, 1.54) is 0 Å². The van der Waals surface area contributed by atoms with Crippen LogP contribution in [0.25, 0.3) is 61.5 Å². The van der Waals surface area contributed by atoms with Crippen LogP contribution in [0.2, 0.25) is 0 Å². The SMILES string of the molecule is CC(C)OC(=O)c1ccc(-c2nc(-c3cnccn3)nc3cc(-c4cccc(-n5cnc6ccccc65)c4)ccc23)cc1. The molecule has 208 valence electrons. The van der Waals surface area contributed by atoms with Crippen molar-refractivity contribution in [2.24, 2.45) is 0 Å². The zero-order valence-corrected chi connectivity index (χ0v) is 23.5. The highest BCUT2D eigenvalue weighted by Crippen LogP contribution is 2.33. The number of ether oxygens (including phenoxy) is 1. The number of carbonyl (C=O) groups excluding carboxylic acids is 1. The van der Waals surface area contributed by atoms with Crippen molar-refractivity contribution in [3.05, 3.63) is 121 Å². The van der Waals surface area contributed by atoms with Gasteiger partial charge in [-0.15, -0.1) is 0 Å². The molecular weight excluding hydrogens is 536 g/mol. The van der Waals surface area contributed by atoms with E-state index in [9.17, 15) is 4.79 Å². The Labute approximate surface area is 247 Å². The molecule has 0 amide bonds. The number of esters is 1. The van der Waals surface area contributed by atoms with E-state index in [2.05, 4.69) is 55.9 Å². The summed E-state index contributed by atoms with van der Waals surface area (Å²) in [6.45, 7) is 3.66. The van der Waals surface area contributed by atoms with Crippen molar-refractivity contribution in [3.63, 3.8) is 0 Å². The lowest BCUT2D eigenvalue weighted by Crippen LogP contribution is -2.11. The maximum atomic E-state index is 12.4. The van der Waals surface area contributed by atoms with Crippen LogP contribution in [0.4, 0.5) is 0 Å². The molecule has 0 aliphatic rings. The zero-order chi connectivity index (χ0) is 29.3. The third kappa shape index (κ3) is 5.10. The van der Waals surface area contributed by atoms with E-state index >= 15 is 0 Å². The minimum Gasteiger partial charge on any atom is -0.459 e. The van der Waals surface area contributed by atoms with Gasteiger partial charge in [0.05, 0.1) is 40.1 Å². The fourth-order valence-corrected chi connectivity index (χ4v) is 5.10. The number of carbonyl (C=O) groups is 1. The third-order valence-corrected chi connectivity index (χ3v) is 7.14. The number of benzene rings is 4. The summed E-state index contributed by atoms with van der Waals surface area (Å²) < 4.78 is 7.44. The molecule has 0 saturated carbocycles. The van der Waals surface area contributed by atoms with Crippen molar-refractivity contribution in [2.45, 2.75) is 20.0 Å². The Morgan fingerprint density at radius 1 is 0.767 bits per heavy atom. The van der Waals surface area contributed by atoms with E-state index in [1.54, 1.807) is 30.7 Å². The smallest absolute Gasteiger partial charge is 0.338 e. The van der Waals surface area contributed by atoms with Gasteiger partial charge in [0.2, 0.25) is 0 Å². The fourth-order valence-electron chi connectivity index (χ4n) is 5.10. The highest BCUT2D eigenvalue weighted by atomic mass is 16.5. The van der Waals surface area contributed by atoms with Crippen LogP contribution in [0.1, 0.15) is 24.2 Å². The van der Waals surface area contributed by atoms with Gasteiger partial charge in [-0.2, -0.15) is 0 Å². The monoisotopic (exact) mass is 562 g/mol. The fraction of sp³-hybridized carbons (Fsp3) is 0.0857. The third-order valence-electron chi connectivity index (χ3n) is 7.14. The van der Waals surface area contributed by atoms with Crippen molar-refractivity contribution in [1.82, 2.24) is 29.5 Å². The molecule has 0 N–H and O–H groups in total. The van der Waals surface area contributed by atoms with Gasteiger partial charge in [0.25, 0.3) is 0 Å². The lowest BCUT2D eigenvalue weighted by atomic mass is 10.00. The van der Waals surface area contributed by atoms with Crippen LogP contribution in [-0.2, 0) is 4.74 Å². The highest BCUT2D eigenvalue weighted by molar-refractivity contribution is 5.97. The average molecular weight is 563 g/mol. The van der Waals surface area contributed by atoms with Gasteiger partial charge in [0, 0.05) is 29.0 Å². The maximum absolute atomic E-state index is 12.4. The first-order valence-corrected chi connectivity index (χ1v) is 14.0. The van der Waals surface area contributed by atoms with Gasteiger partial charge in [-0.3, -0.25) is 9.55 Å². The molecule has 8 nitrogen and oxygen atoms in total. The van der Waals surface area contributed by atoms with Crippen LogP contribution in [0.5, 0.6) is 0 Å². The molecule has 7 rings (SSSR count). The molecule has 0 bridgehead atoms. The van der Waals surface area contributed by atoms with Crippen LogP contribution >= 0.6 is 0 Å². The Morgan fingerprint density at radius 2 is 1.58 bits per heavy atom. The molecule has 0 saturated heterocycles. The van der Waals surface area contributed by atoms with E-state index in [4.69, 9.17) is 14.7 Å². The van der Waals surface area contributed by atoms with Gasteiger partial charge in [0.1, 0.15) is 12.0 Å². The second-order valence-corrected chi connectivity index (χ2v) is 10.4. The van der Waals surface area contributed by atoms with Gasteiger partial charge < -0.3 is 4.74 Å². The first-order valence-electron chi connectivity index (χ1n) is 14.0. The molecule has 3 aromatic heterocycles. The number of hydrogen-bond acceptors (Lipinski definition) is 7. The molecule has 0 aliphatic carbocycles. The number of hydrogen-bond donors (Lipinski definition) is 0. The summed E-state index contributed by atoms with van der Waals surface area (Å²) in [5, 5.41) is 0.880. The summed E-state index contributed by atoms with van der Waals surface area (Å²) in [5.41, 5.74) is 8.49. The number of fused-ring (bicyclic) bond motifs is 2. The molecule has 0 atom stereocenters. The standard InChI is InChI=1S/C35H26N6O2/c1-22(2)43-35(42)24-12-10-23(11-13-24)33-28-15-14-26(19-30(28)39-34(40-33)31-20-36-16-17-37-31)25-6-5-7-27(18-25)41-21-38-29-8-3-4-9-32(29)41/h3-22H,1-2H3. The van der Waals surface area contributed by atoms with Crippen LogP contribution < -0.4 is 0 Å². The van der Waals surface area contributed by atoms with Crippen LogP contribution in [0.3, 0.4) is 0 Å². The molecule has 8 heteroatoms. The Hall–Kier alpha value is -5.76. The second-order valence-electron chi connectivity index (χ2n) is 10.4. The van der Waals surface area contributed by atoms with Gasteiger partial charge in [-0.1, -0.05) is 42.5 Å². The molecule has 0 unspecified atom stereocenters. The van der Waals surface area contributed by atoms with Crippen LogP contribution in [-0.4, -0.2) is 41.6 Å². The first-order chi connectivity index (χ1) is 21.0. The summed E-state index contributed by atoms with van der Waals surface area (Å²) in [6.07, 6.45) is 6.55. The molecule has 3 heterocycles. The van der Waals surface area contributed by atoms with Gasteiger partial charge >= 0.3 is 5.97 Å². The number of para-hydroxylation sites is 2. The summed E-state index contributed by atoms with van der Waals surface area (Å²) in [5.74, 6) is 0.111. The Balaban J connectivity index is 1.33. The van der Waals surface area contributed by atoms with Crippen molar-refractivity contribution in [1.29, 1.82) is 0 Å². The Bertz CT molecular complexity index is 2100. The predicted molar refractivity (Wildman–Crippen MR) is 167 cm³/mol. The first kappa shape index (κ1) is 26.2. The van der Waals surface area contributed by atoms with Gasteiger partial charge in [-0.05, 0) is 73.5 Å². The quantitative estimate of drug-likeness (QED) is 0.196. The van der Waals surface area contributed by atoms with E-state index in [1.807, 2.05) is 62.6 Å². The van der Waals surface area contributed by atoms with Crippen molar-refractivity contribution >= 4 is 27.9 Å². The lowest BCUT2D eigenvalue weighted by Gasteiger charge is -2.12. The topological polar surface area (TPSA) is 95.7 Å². The van der Waals surface area contributed by atoms with Crippen LogP contribution in [0.15, 0.2) is 116 Å². The van der Waals surface area contributed by atoms with Crippen molar-refractivity contribution in [2.75, 3.05) is 0 Å². The molecule has 43 heavy (non-hydrogen) atoms. The zero-order valence-electron chi connectivity index (χ0n) is 23.5. The van der Waals surface area contributed by atoms with Gasteiger partial charge in [-0.25, -0.2) is 24.7 Å². The summed E-state index contributed by atoms with van der Waals surface area (Å²) >= 11 is 0. The number of nitrogens with zero attached hydrogens (tertiary/aromatic N) is 6. The van der Waals surface area contributed by atoms with Crippen molar-refractivity contribution in [3.8, 4) is 39.6 Å². The Kier molecular flexibility index (Phi) is 6.63. The molecular formula is C35H26N6O2. The lowest BCUT2D eigenvalue weighted by molar-refractivity contribution is 0.0378. The summed E-state index contributed by atoms with van der Waals surface area (Å²) in [6, 6.07) is 29.9. The highest BCUT2D eigenvalue weighted by Gasteiger charge is 2.16. The van der Waals surface area contributed by atoms with E-state index in [0.717, 1.165) is 50.0 Å². The van der Waals surface area contributed by atoms with E-state index in [0.29, 0.717) is 17.1 Å². The number of imidazole rings is 1. The van der Waals surface area contributed by atoms with E-state index < -0.39 is 0 Å². The summed E-state index contributed by atoms with van der Waals surface area (Å²) in [4.78, 5) is 35.4. The molecule has 7 aromatic rings. The molecule has 0 radical (unpaired) electrons. The predicted octanol–water partition coefficient (Wildman–Crippen LogP) is 7.32. The van der Waals surface area contributed by atoms with Gasteiger partial charge in [0.15, 0.2) is 5.82 Å². The number of aromatic nitrogens is 6. The maximum Gasteiger partial charge on any atom is 0.338 e. The van der Waals surface area contributed by atoms with Crippen molar-refractivity contribution < 1.29 is 9.53 Å². The summed E-state index contributed by atoms with van der Waals surface area (Å²) in [7, 11) is 0. The number of rotatable bonds is 6. The molecule has 0 aliphatic heterocycles. The minimum absolute atomic E-state index is 0.193. The minimum atomic E-state index is -0.357. The molecule has 0 fully saturated rings. The Morgan fingerprint density at radius 3 is 2.40 bits per heavy atom.